The van der Waals surface area contributed by atoms with E-state index in [1.54, 1.807) is 6.92 Å². The second-order valence-electron chi connectivity index (χ2n) is 6.17. The Bertz CT molecular complexity index is 408. The van der Waals surface area contributed by atoms with E-state index in [0.29, 0.717) is 0 Å². The molecule has 1 heterocycles. The summed E-state index contributed by atoms with van der Waals surface area (Å²) in [6.45, 7) is 10.1. The van der Waals surface area contributed by atoms with E-state index in [0.717, 1.165) is 4.88 Å². The molecule has 0 aliphatic rings. The van der Waals surface area contributed by atoms with Gasteiger partial charge in [-0.05, 0) is 30.7 Å². The van der Waals surface area contributed by atoms with Gasteiger partial charge in [0.25, 0.3) is 0 Å². The molecule has 1 aromatic heterocycles. The maximum atomic E-state index is 11.8. The quantitative estimate of drug-likeness (QED) is 0.796. The van der Waals surface area contributed by atoms with E-state index in [1.165, 1.54) is 11.3 Å². The third-order valence-corrected chi connectivity index (χ3v) is 4.41. The molecule has 108 valence electrons. The van der Waals surface area contributed by atoms with E-state index in [1.807, 2.05) is 24.4 Å². The molecule has 0 aromatic carbocycles. The van der Waals surface area contributed by atoms with Crippen LogP contribution < -0.4 is 10.6 Å². The van der Waals surface area contributed by atoms with Crippen LogP contribution in [0.1, 0.15) is 39.5 Å². The largest absolute Gasteiger partial charge is 0.383 e. The van der Waals surface area contributed by atoms with Gasteiger partial charge in [-0.25, -0.2) is 4.79 Å². The normalized spacial score (nSPS) is 16.5. The van der Waals surface area contributed by atoms with Crippen molar-refractivity contribution >= 4 is 17.4 Å². The van der Waals surface area contributed by atoms with E-state index in [9.17, 15) is 9.90 Å². The molecule has 0 bridgehead atoms. The molecule has 1 rings (SSSR count). The molecular weight excluding hydrogens is 260 g/mol. The monoisotopic (exact) mass is 284 g/mol. The highest BCUT2D eigenvalue weighted by Gasteiger charge is 2.26. The number of hydrogen-bond donors (Lipinski definition) is 3. The van der Waals surface area contributed by atoms with Crippen LogP contribution in [0.2, 0.25) is 0 Å². The number of nitrogens with one attached hydrogen (secondary N) is 2. The summed E-state index contributed by atoms with van der Waals surface area (Å²) < 4.78 is 0. The number of hydrogen-bond acceptors (Lipinski definition) is 3. The predicted molar refractivity (Wildman–Crippen MR) is 79.3 cm³/mol. The predicted octanol–water partition coefficient (Wildman–Crippen LogP) is 2.69. The van der Waals surface area contributed by atoms with Crippen LogP contribution in [0.25, 0.3) is 0 Å². The highest BCUT2D eigenvalue weighted by molar-refractivity contribution is 7.10. The summed E-state index contributed by atoms with van der Waals surface area (Å²) in [7, 11) is 0. The fraction of sp³-hybridized carbons (Fsp3) is 0.643. The molecule has 2 unspecified atom stereocenters. The van der Waals surface area contributed by atoms with E-state index >= 15 is 0 Å². The number of urea groups is 1. The van der Waals surface area contributed by atoms with Crippen molar-refractivity contribution in [1.82, 2.24) is 10.6 Å². The SMILES string of the molecule is CC(NC(=O)NCC(C)(O)c1cccs1)C(C)(C)C. The number of amides is 2. The molecule has 3 N–H and O–H groups in total. The summed E-state index contributed by atoms with van der Waals surface area (Å²) in [5, 5.41) is 17.8. The van der Waals surface area contributed by atoms with Crippen LogP contribution in [-0.4, -0.2) is 23.7 Å². The standard InChI is InChI=1S/C14H24N2O2S/c1-10(13(2,3)4)16-12(17)15-9-14(5,18)11-7-6-8-19-11/h6-8,10,18H,9H2,1-5H3,(H2,15,16,17). The maximum Gasteiger partial charge on any atom is 0.315 e. The molecule has 0 aliphatic heterocycles. The van der Waals surface area contributed by atoms with Crippen molar-refractivity contribution in [2.24, 2.45) is 5.41 Å². The molecule has 2 amide bonds. The van der Waals surface area contributed by atoms with Gasteiger partial charge in [-0.2, -0.15) is 0 Å². The van der Waals surface area contributed by atoms with Crippen molar-refractivity contribution < 1.29 is 9.90 Å². The first kappa shape index (κ1) is 16.0. The molecule has 0 fully saturated rings. The van der Waals surface area contributed by atoms with Crippen LogP contribution >= 0.6 is 11.3 Å². The van der Waals surface area contributed by atoms with Gasteiger partial charge in [-0.15, -0.1) is 11.3 Å². The van der Waals surface area contributed by atoms with Crippen LogP contribution in [0.4, 0.5) is 4.79 Å². The van der Waals surface area contributed by atoms with Crippen molar-refractivity contribution in [2.45, 2.75) is 46.3 Å². The van der Waals surface area contributed by atoms with Gasteiger partial charge in [0.05, 0.1) is 6.54 Å². The van der Waals surface area contributed by atoms with Gasteiger partial charge in [-0.1, -0.05) is 26.8 Å². The Hall–Kier alpha value is -1.07. The van der Waals surface area contributed by atoms with Crippen LogP contribution in [0, 0.1) is 5.41 Å². The Morgan fingerprint density at radius 3 is 2.53 bits per heavy atom. The van der Waals surface area contributed by atoms with Gasteiger partial charge in [0.15, 0.2) is 0 Å². The topological polar surface area (TPSA) is 61.4 Å². The summed E-state index contributed by atoms with van der Waals surface area (Å²) in [6.07, 6.45) is 0. The van der Waals surface area contributed by atoms with Crippen LogP contribution in [-0.2, 0) is 5.60 Å². The van der Waals surface area contributed by atoms with Gasteiger partial charge >= 0.3 is 6.03 Å². The highest BCUT2D eigenvalue weighted by atomic mass is 32.1. The average Bonchev–Trinajstić information content (AvgIpc) is 2.79. The number of thiophene rings is 1. The third kappa shape index (κ3) is 4.84. The van der Waals surface area contributed by atoms with Gasteiger partial charge < -0.3 is 15.7 Å². The van der Waals surface area contributed by atoms with Crippen molar-refractivity contribution in [3.63, 3.8) is 0 Å². The van der Waals surface area contributed by atoms with E-state index in [-0.39, 0.29) is 24.0 Å². The first-order valence-corrected chi connectivity index (χ1v) is 7.31. The second-order valence-corrected chi connectivity index (χ2v) is 7.11. The lowest BCUT2D eigenvalue weighted by molar-refractivity contribution is 0.0628. The van der Waals surface area contributed by atoms with Crippen molar-refractivity contribution in [3.8, 4) is 0 Å². The molecule has 19 heavy (non-hydrogen) atoms. The maximum absolute atomic E-state index is 11.8. The molecule has 4 nitrogen and oxygen atoms in total. The van der Waals surface area contributed by atoms with Crippen molar-refractivity contribution in [3.05, 3.63) is 22.4 Å². The van der Waals surface area contributed by atoms with Crippen LogP contribution in [0.5, 0.6) is 0 Å². The second kappa shape index (κ2) is 5.92. The first-order valence-electron chi connectivity index (χ1n) is 6.43. The van der Waals surface area contributed by atoms with Crippen LogP contribution in [0.3, 0.4) is 0 Å². The Balaban J connectivity index is 2.47. The van der Waals surface area contributed by atoms with E-state index in [4.69, 9.17) is 0 Å². The number of carbonyl (C=O) groups excluding carboxylic acids is 1. The minimum Gasteiger partial charge on any atom is -0.383 e. The lowest BCUT2D eigenvalue weighted by atomic mass is 9.88. The number of carbonyl (C=O) groups is 1. The molecule has 2 atom stereocenters. The molecule has 0 spiro atoms. The summed E-state index contributed by atoms with van der Waals surface area (Å²) in [4.78, 5) is 12.6. The highest BCUT2D eigenvalue weighted by Crippen LogP contribution is 2.24. The fourth-order valence-corrected chi connectivity index (χ4v) is 2.18. The molecular formula is C14H24N2O2S. The molecule has 5 heteroatoms. The fourth-order valence-electron chi connectivity index (χ4n) is 1.39. The van der Waals surface area contributed by atoms with Crippen molar-refractivity contribution in [1.29, 1.82) is 0 Å². The van der Waals surface area contributed by atoms with Gasteiger partial charge in [-0.3, -0.25) is 0 Å². The van der Waals surface area contributed by atoms with Gasteiger partial charge in [0, 0.05) is 10.9 Å². The summed E-state index contributed by atoms with van der Waals surface area (Å²) in [6, 6.07) is 3.55. The van der Waals surface area contributed by atoms with E-state index in [2.05, 4.69) is 31.4 Å². The lowest BCUT2D eigenvalue weighted by Gasteiger charge is -2.29. The summed E-state index contributed by atoms with van der Waals surface area (Å²) in [5.74, 6) is 0. The van der Waals surface area contributed by atoms with Crippen molar-refractivity contribution in [2.75, 3.05) is 6.54 Å². The molecule has 1 aromatic rings. The Morgan fingerprint density at radius 1 is 1.42 bits per heavy atom. The van der Waals surface area contributed by atoms with Gasteiger partial charge in [0.2, 0.25) is 0 Å². The molecule has 0 saturated heterocycles. The first-order chi connectivity index (χ1) is 8.63. The molecule has 0 radical (unpaired) electrons. The van der Waals surface area contributed by atoms with Gasteiger partial charge in [0.1, 0.15) is 5.60 Å². The smallest absolute Gasteiger partial charge is 0.315 e. The Morgan fingerprint density at radius 2 is 2.05 bits per heavy atom. The Kier molecular flexibility index (Phi) is 4.98. The number of rotatable bonds is 4. The minimum atomic E-state index is -1.03. The zero-order valence-corrected chi connectivity index (χ0v) is 13.1. The lowest BCUT2D eigenvalue weighted by Crippen LogP contribution is -2.49. The summed E-state index contributed by atoms with van der Waals surface area (Å²) in [5.41, 5.74) is -1.02. The Labute approximate surface area is 119 Å². The number of aliphatic hydroxyl groups is 1. The molecule has 0 aliphatic carbocycles. The molecule has 0 saturated carbocycles. The zero-order valence-electron chi connectivity index (χ0n) is 12.3. The van der Waals surface area contributed by atoms with E-state index < -0.39 is 5.60 Å². The zero-order chi connectivity index (χ0) is 14.7. The summed E-state index contributed by atoms with van der Waals surface area (Å²) >= 11 is 1.48. The van der Waals surface area contributed by atoms with Crippen LogP contribution in [0.15, 0.2) is 17.5 Å². The third-order valence-electron chi connectivity index (χ3n) is 3.29. The average molecular weight is 284 g/mol. The minimum absolute atomic E-state index is 0.00755.